The quantitative estimate of drug-likeness (QED) is 0.171. The first kappa shape index (κ1) is 28.5. The predicted molar refractivity (Wildman–Crippen MR) is 173 cm³/mol. The lowest BCUT2D eigenvalue weighted by Crippen LogP contribution is -2.19. The molecule has 0 spiro atoms. The summed E-state index contributed by atoms with van der Waals surface area (Å²) in [4.78, 5) is 21.4. The van der Waals surface area contributed by atoms with Gasteiger partial charge in [-0.15, -0.1) is 0 Å². The summed E-state index contributed by atoms with van der Waals surface area (Å²) in [6, 6.07) is 35.6. The van der Waals surface area contributed by atoms with Crippen LogP contribution >= 0.6 is 11.6 Å². The zero-order chi connectivity index (χ0) is 30.3. The number of amides is 2. The maximum absolute atomic E-state index is 12.7. The third-order valence-corrected chi connectivity index (χ3v) is 7.09. The highest BCUT2D eigenvalue weighted by molar-refractivity contribution is 6.34. The minimum atomic E-state index is -0.424. The summed E-state index contributed by atoms with van der Waals surface area (Å²) in [6.45, 7) is 0.384. The summed E-state index contributed by atoms with van der Waals surface area (Å²) in [7, 11) is 1.57. The average molecular weight is 603 g/mol. The number of halogens is 1. The van der Waals surface area contributed by atoms with Crippen molar-refractivity contribution in [3.05, 3.63) is 132 Å². The van der Waals surface area contributed by atoms with Crippen molar-refractivity contribution >= 4 is 39.9 Å². The van der Waals surface area contributed by atoms with Crippen LogP contribution in [0.5, 0.6) is 23.1 Å². The number of hydrogen-bond donors (Lipinski definition) is 2. The van der Waals surface area contributed by atoms with Crippen molar-refractivity contribution in [2.45, 2.75) is 6.61 Å². The van der Waals surface area contributed by atoms with E-state index in [4.69, 9.17) is 25.8 Å². The van der Waals surface area contributed by atoms with E-state index in [1.807, 2.05) is 84.9 Å². The zero-order valence-electron chi connectivity index (χ0n) is 23.7. The van der Waals surface area contributed by atoms with Crippen LogP contribution < -0.4 is 24.8 Å². The minimum absolute atomic E-state index is 0.296. The third-order valence-electron chi connectivity index (χ3n) is 6.77. The number of benzene rings is 5. The Bertz CT molecular complexity index is 1900. The number of nitrogens with one attached hydrogen (secondary N) is 2. The van der Waals surface area contributed by atoms with Crippen molar-refractivity contribution in [1.82, 2.24) is 9.97 Å². The lowest BCUT2D eigenvalue weighted by molar-refractivity contribution is 0.262. The molecular weight excluding hydrogens is 576 g/mol. The molecule has 0 radical (unpaired) electrons. The molecule has 44 heavy (non-hydrogen) atoms. The first-order valence-electron chi connectivity index (χ1n) is 13.8. The zero-order valence-corrected chi connectivity index (χ0v) is 24.4. The molecule has 0 unspecified atom stereocenters. The largest absolute Gasteiger partial charge is 0.493 e. The van der Waals surface area contributed by atoms with E-state index in [0.29, 0.717) is 57.0 Å². The number of carbonyl (C=O) groups is 1. The van der Waals surface area contributed by atoms with Crippen LogP contribution in [0.3, 0.4) is 0 Å². The Morgan fingerprint density at radius 1 is 0.773 bits per heavy atom. The number of ether oxygens (including phenoxy) is 3. The van der Waals surface area contributed by atoms with E-state index in [-0.39, 0.29) is 0 Å². The Morgan fingerprint density at radius 3 is 2.23 bits per heavy atom. The van der Waals surface area contributed by atoms with Crippen molar-refractivity contribution in [2.75, 3.05) is 17.7 Å². The molecule has 1 aromatic heterocycles. The number of urea groups is 1. The number of nitrogens with zero attached hydrogens (tertiary/aromatic N) is 2. The normalized spacial score (nSPS) is 10.7. The molecule has 9 heteroatoms. The fraction of sp³-hybridized carbons (Fsp3) is 0.0571. The van der Waals surface area contributed by atoms with Gasteiger partial charge in [-0.1, -0.05) is 84.4 Å². The molecule has 0 saturated carbocycles. The molecule has 1 heterocycles. The van der Waals surface area contributed by atoms with E-state index in [1.54, 1.807) is 37.4 Å². The molecule has 8 nitrogen and oxygen atoms in total. The van der Waals surface area contributed by atoms with E-state index < -0.39 is 6.03 Å². The third kappa shape index (κ3) is 6.72. The van der Waals surface area contributed by atoms with Crippen molar-refractivity contribution in [3.63, 3.8) is 0 Å². The van der Waals surface area contributed by atoms with Gasteiger partial charge in [0.05, 0.1) is 28.7 Å². The summed E-state index contributed by atoms with van der Waals surface area (Å²) in [5, 5.41) is 6.53. The molecule has 6 rings (SSSR count). The van der Waals surface area contributed by atoms with Crippen LogP contribution in [0, 0.1) is 0 Å². The Kier molecular flexibility index (Phi) is 8.52. The number of carbonyl (C=O) groups excluding carboxylic acids is 1. The molecule has 0 aliphatic heterocycles. The summed E-state index contributed by atoms with van der Waals surface area (Å²) >= 11 is 6.51. The van der Waals surface area contributed by atoms with Crippen molar-refractivity contribution in [2.24, 2.45) is 0 Å². The molecule has 0 fully saturated rings. The summed E-state index contributed by atoms with van der Waals surface area (Å²) in [5.41, 5.74) is 4.89. The summed E-state index contributed by atoms with van der Waals surface area (Å²) < 4.78 is 17.7. The Labute approximate surface area is 259 Å². The number of aromatic nitrogens is 2. The summed E-state index contributed by atoms with van der Waals surface area (Å²) in [5.74, 6) is 1.82. The maximum Gasteiger partial charge on any atom is 0.323 e. The van der Waals surface area contributed by atoms with Gasteiger partial charge in [0.25, 0.3) is 0 Å². The molecule has 0 atom stereocenters. The van der Waals surface area contributed by atoms with Gasteiger partial charge in [-0.05, 0) is 47.0 Å². The maximum atomic E-state index is 12.7. The van der Waals surface area contributed by atoms with E-state index >= 15 is 0 Å². The highest BCUT2D eigenvalue weighted by atomic mass is 35.5. The van der Waals surface area contributed by atoms with Gasteiger partial charge in [-0.3, -0.25) is 0 Å². The van der Waals surface area contributed by atoms with Crippen LogP contribution in [0.1, 0.15) is 5.56 Å². The van der Waals surface area contributed by atoms with Gasteiger partial charge in [0.2, 0.25) is 5.88 Å². The molecule has 2 amide bonds. The van der Waals surface area contributed by atoms with Crippen LogP contribution in [0.15, 0.2) is 122 Å². The van der Waals surface area contributed by atoms with Gasteiger partial charge in [0.1, 0.15) is 18.7 Å². The Balaban J connectivity index is 1.13. The van der Waals surface area contributed by atoms with Gasteiger partial charge in [-0.2, -0.15) is 0 Å². The molecule has 0 bridgehead atoms. The molecule has 218 valence electrons. The molecule has 0 aliphatic carbocycles. The van der Waals surface area contributed by atoms with Gasteiger partial charge in [-0.25, -0.2) is 14.8 Å². The first-order chi connectivity index (χ1) is 21.6. The van der Waals surface area contributed by atoms with Crippen LogP contribution in [0.2, 0.25) is 5.02 Å². The number of fused-ring (bicyclic) bond motifs is 1. The molecule has 2 N–H and O–H groups in total. The lowest BCUT2D eigenvalue weighted by atomic mass is 10.1. The molecule has 0 aliphatic rings. The van der Waals surface area contributed by atoms with Crippen molar-refractivity contribution in [3.8, 4) is 34.3 Å². The highest BCUT2D eigenvalue weighted by Crippen LogP contribution is 2.37. The standard InChI is InChI=1S/C35H27ClN4O4/c1-42-32-19-28-31(20-33(32)43-21-23-8-4-2-5-9-23)37-22-38-34(28)44-27-16-17-30(29(36)18-27)40-35(41)39-26-14-12-25(13-15-26)24-10-6-3-7-11-24/h2-20,22H,21H2,1H3,(H2,39,40,41). The Morgan fingerprint density at radius 2 is 1.50 bits per heavy atom. The number of rotatable bonds is 9. The topological polar surface area (TPSA) is 94.6 Å². The van der Waals surface area contributed by atoms with E-state index in [9.17, 15) is 4.79 Å². The fourth-order valence-corrected chi connectivity index (χ4v) is 4.78. The number of anilines is 2. The summed E-state index contributed by atoms with van der Waals surface area (Å²) in [6.07, 6.45) is 1.42. The second-order valence-electron chi connectivity index (χ2n) is 9.74. The van der Waals surface area contributed by atoms with Gasteiger partial charge >= 0.3 is 6.03 Å². The van der Waals surface area contributed by atoms with Crippen LogP contribution in [-0.4, -0.2) is 23.1 Å². The van der Waals surface area contributed by atoms with Gasteiger partial charge < -0.3 is 24.8 Å². The van der Waals surface area contributed by atoms with Gasteiger partial charge in [0, 0.05) is 17.8 Å². The minimum Gasteiger partial charge on any atom is -0.493 e. The average Bonchev–Trinajstić information content (AvgIpc) is 3.06. The smallest absolute Gasteiger partial charge is 0.323 e. The SMILES string of the molecule is COc1cc2c(Oc3ccc(NC(=O)Nc4ccc(-c5ccccc5)cc4)c(Cl)c3)ncnc2cc1OCc1ccccc1. The lowest BCUT2D eigenvalue weighted by Gasteiger charge is -2.14. The van der Waals surface area contributed by atoms with Crippen LogP contribution in [-0.2, 0) is 6.61 Å². The van der Waals surface area contributed by atoms with E-state index in [2.05, 4.69) is 20.6 Å². The van der Waals surface area contributed by atoms with Crippen LogP contribution in [0.25, 0.3) is 22.0 Å². The predicted octanol–water partition coefficient (Wildman–Crippen LogP) is 8.97. The Hall–Kier alpha value is -5.60. The monoisotopic (exact) mass is 602 g/mol. The van der Waals surface area contributed by atoms with Crippen molar-refractivity contribution < 1.29 is 19.0 Å². The molecule has 5 aromatic carbocycles. The molecular formula is C35H27ClN4O4. The van der Waals surface area contributed by atoms with Gasteiger partial charge in [0.15, 0.2) is 11.5 Å². The van der Waals surface area contributed by atoms with E-state index in [0.717, 1.165) is 16.7 Å². The van der Waals surface area contributed by atoms with E-state index in [1.165, 1.54) is 6.33 Å². The highest BCUT2D eigenvalue weighted by Gasteiger charge is 2.15. The number of hydrogen-bond acceptors (Lipinski definition) is 6. The molecule has 0 saturated heterocycles. The van der Waals surface area contributed by atoms with Crippen molar-refractivity contribution in [1.29, 1.82) is 0 Å². The fourth-order valence-electron chi connectivity index (χ4n) is 4.56. The number of methoxy groups -OCH3 is 1. The molecule has 6 aromatic rings. The second kappa shape index (κ2) is 13.1. The first-order valence-corrected chi connectivity index (χ1v) is 14.1. The van der Waals surface area contributed by atoms with Crippen LogP contribution in [0.4, 0.5) is 16.2 Å². The second-order valence-corrected chi connectivity index (χ2v) is 10.1.